The number of rotatable bonds is 4. The summed E-state index contributed by atoms with van der Waals surface area (Å²) in [5.74, 6) is 0.0630. The lowest BCUT2D eigenvalue weighted by atomic mass is 9.63. The number of hydrogen-bond acceptors (Lipinski definition) is 6. The monoisotopic (exact) mass is 432 g/mol. The number of benzene rings is 2. The molecule has 0 aliphatic heterocycles. The van der Waals surface area contributed by atoms with E-state index in [2.05, 4.69) is 26.1 Å². The van der Waals surface area contributed by atoms with Crippen molar-refractivity contribution in [3.05, 3.63) is 64.0 Å². The second-order valence-electron chi connectivity index (χ2n) is 9.37. The summed E-state index contributed by atoms with van der Waals surface area (Å²) in [5, 5.41) is 14.5. The van der Waals surface area contributed by atoms with Crippen LogP contribution in [0.2, 0.25) is 0 Å². The van der Waals surface area contributed by atoms with E-state index in [9.17, 15) is 14.9 Å². The molecule has 5 rings (SSSR count). The van der Waals surface area contributed by atoms with Gasteiger partial charge < -0.3 is 10.1 Å². The lowest BCUT2D eigenvalue weighted by Gasteiger charge is -2.39. The highest BCUT2D eigenvalue weighted by molar-refractivity contribution is 6.03. The molecule has 2 aliphatic rings. The van der Waals surface area contributed by atoms with Gasteiger partial charge in [0.1, 0.15) is 11.4 Å². The third kappa shape index (κ3) is 2.35. The van der Waals surface area contributed by atoms with Crippen LogP contribution in [0.1, 0.15) is 45.0 Å². The Hall–Kier alpha value is -3.55. The van der Waals surface area contributed by atoms with Gasteiger partial charge >= 0.3 is 0 Å². The van der Waals surface area contributed by atoms with E-state index in [0.717, 1.165) is 23.1 Å². The van der Waals surface area contributed by atoms with Gasteiger partial charge in [0.05, 0.1) is 45.9 Å². The van der Waals surface area contributed by atoms with Crippen molar-refractivity contribution in [3.63, 3.8) is 0 Å². The van der Waals surface area contributed by atoms with Crippen LogP contribution in [0.5, 0.6) is 5.75 Å². The first kappa shape index (κ1) is 20.4. The maximum absolute atomic E-state index is 13.9. The molecule has 1 amide bonds. The number of nitrogens with one attached hydrogen (secondary N) is 1. The maximum atomic E-state index is 13.9. The predicted octanol–water partition coefficient (Wildman–Crippen LogP) is 4.51. The molecule has 1 fully saturated rings. The lowest BCUT2D eigenvalue weighted by Crippen LogP contribution is -2.48. The standard InChI is InChI=1S/C24H24N4O4/c1-22(2)23(3)11-12-24(22,20-19(23)25-15-7-5-6-8-16(15)26-20)21(29)27-17-10-9-14(32-4)13-18(17)28(30)31/h5-10,13H,11-12H2,1-4H3,(H,27,29). The van der Waals surface area contributed by atoms with E-state index in [1.54, 1.807) is 6.07 Å². The zero-order valence-corrected chi connectivity index (χ0v) is 18.4. The van der Waals surface area contributed by atoms with Crippen molar-refractivity contribution in [2.75, 3.05) is 12.4 Å². The van der Waals surface area contributed by atoms with Gasteiger partial charge in [-0.3, -0.25) is 14.9 Å². The fourth-order valence-electron chi connectivity index (χ4n) is 5.67. The molecule has 0 saturated heterocycles. The Bertz CT molecular complexity index is 1300. The number of anilines is 1. The summed E-state index contributed by atoms with van der Waals surface area (Å²) in [6.07, 6.45) is 1.39. The van der Waals surface area contributed by atoms with Crippen LogP contribution in [0.4, 0.5) is 11.4 Å². The molecular weight excluding hydrogens is 408 g/mol. The fraction of sp³-hybridized carbons (Fsp3) is 0.375. The molecule has 0 spiro atoms. The summed E-state index contributed by atoms with van der Waals surface area (Å²) in [6, 6.07) is 12.1. The summed E-state index contributed by atoms with van der Waals surface area (Å²) in [7, 11) is 1.44. The molecule has 0 radical (unpaired) electrons. The quantitative estimate of drug-likeness (QED) is 0.480. The first-order chi connectivity index (χ1) is 15.2. The summed E-state index contributed by atoms with van der Waals surface area (Å²) in [4.78, 5) is 34.9. The van der Waals surface area contributed by atoms with Crippen LogP contribution in [0.3, 0.4) is 0 Å². The van der Waals surface area contributed by atoms with Crippen molar-refractivity contribution >= 4 is 28.3 Å². The van der Waals surface area contributed by atoms with Crippen LogP contribution in [0, 0.1) is 15.5 Å². The molecular formula is C24H24N4O4. The maximum Gasteiger partial charge on any atom is 0.296 e. The molecule has 2 unspecified atom stereocenters. The molecule has 1 N–H and O–H groups in total. The number of methoxy groups -OCH3 is 1. The van der Waals surface area contributed by atoms with Gasteiger partial charge in [0, 0.05) is 5.41 Å². The van der Waals surface area contributed by atoms with E-state index < -0.39 is 15.8 Å². The summed E-state index contributed by atoms with van der Waals surface area (Å²) >= 11 is 0. The molecule has 32 heavy (non-hydrogen) atoms. The Morgan fingerprint density at radius 2 is 1.72 bits per heavy atom. The largest absolute Gasteiger partial charge is 0.496 e. The second kappa shape index (κ2) is 6.48. The average Bonchev–Trinajstić information content (AvgIpc) is 3.07. The molecule has 2 aliphatic carbocycles. The van der Waals surface area contributed by atoms with Crippen LogP contribution in [-0.2, 0) is 15.6 Å². The Kier molecular flexibility index (Phi) is 4.12. The number of nitrogens with zero attached hydrogens (tertiary/aromatic N) is 3. The summed E-state index contributed by atoms with van der Waals surface area (Å²) in [5.41, 5.74) is 1.25. The van der Waals surface area contributed by atoms with Crippen LogP contribution in [0.15, 0.2) is 42.5 Å². The average molecular weight is 432 g/mol. The Morgan fingerprint density at radius 3 is 2.34 bits per heavy atom. The number of para-hydroxylation sites is 2. The van der Waals surface area contributed by atoms with Gasteiger partial charge in [0.15, 0.2) is 0 Å². The molecule has 164 valence electrons. The number of ether oxygens (including phenoxy) is 1. The lowest BCUT2D eigenvalue weighted by molar-refractivity contribution is -0.384. The SMILES string of the molecule is COc1ccc(NC(=O)C23CCC(C)(c4nc5ccccc5nc42)C3(C)C)c([N+](=O)[O-])c1. The number of amides is 1. The molecule has 3 aromatic rings. The number of nitro benzene ring substituents is 1. The summed E-state index contributed by atoms with van der Waals surface area (Å²) < 4.78 is 5.11. The van der Waals surface area contributed by atoms with E-state index in [0.29, 0.717) is 17.9 Å². The minimum absolute atomic E-state index is 0.141. The van der Waals surface area contributed by atoms with Crippen molar-refractivity contribution in [1.82, 2.24) is 9.97 Å². The third-order valence-electron chi connectivity index (χ3n) is 7.98. The van der Waals surface area contributed by atoms with Gasteiger partial charge in [-0.25, -0.2) is 9.97 Å². The predicted molar refractivity (Wildman–Crippen MR) is 120 cm³/mol. The van der Waals surface area contributed by atoms with E-state index in [4.69, 9.17) is 14.7 Å². The molecule has 1 heterocycles. The van der Waals surface area contributed by atoms with E-state index >= 15 is 0 Å². The minimum Gasteiger partial charge on any atom is -0.496 e. The number of hydrogen-bond donors (Lipinski definition) is 1. The summed E-state index contributed by atoms with van der Waals surface area (Å²) in [6.45, 7) is 6.30. The van der Waals surface area contributed by atoms with Crippen LogP contribution in [-0.4, -0.2) is 27.9 Å². The highest BCUT2D eigenvalue weighted by Crippen LogP contribution is 2.70. The Labute approximate surface area is 185 Å². The zero-order valence-electron chi connectivity index (χ0n) is 18.4. The number of aromatic nitrogens is 2. The van der Waals surface area contributed by atoms with Gasteiger partial charge in [-0.15, -0.1) is 0 Å². The van der Waals surface area contributed by atoms with Crippen molar-refractivity contribution in [2.24, 2.45) is 5.41 Å². The van der Waals surface area contributed by atoms with Crippen molar-refractivity contribution < 1.29 is 14.5 Å². The second-order valence-corrected chi connectivity index (χ2v) is 9.37. The van der Waals surface area contributed by atoms with Crippen LogP contribution < -0.4 is 10.1 Å². The van der Waals surface area contributed by atoms with Gasteiger partial charge in [-0.05, 0) is 42.5 Å². The van der Waals surface area contributed by atoms with E-state index in [1.807, 2.05) is 24.3 Å². The molecule has 2 bridgehead atoms. The fourth-order valence-corrected chi connectivity index (χ4v) is 5.67. The number of fused-ring (bicyclic) bond motifs is 6. The smallest absolute Gasteiger partial charge is 0.296 e. The van der Waals surface area contributed by atoms with Crippen LogP contribution in [0.25, 0.3) is 11.0 Å². The Balaban J connectivity index is 1.66. The number of carbonyl (C=O) groups is 1. The highest BCUT2D eigenvalue weighted by atomic mass is 16.6. The van der Waals surface area contributed by atoms with Crippen molar-refractivity contribution in [2.45, 2.75) is 44.4 Å². The topological polar surface area (TPSA) is 107 Å². The van der Waals surface area contributed by atoms with Crippen molar-refractivity contribution in [3.8, 4) is 5.75 Å². The van der Waals surface area contributed by atoms with Gasteiger partial charge in [0.25, 0.3) is 5.69 Å². The van der Waals surface area contributed by atoms with E-state index in [-0.39, 0.29) is 22.7 Å². The van der Waals surface area contributed by atoms with Crippen LogP contribution >= 0.6 is 0 Å². The first-order valence-electron chi connectivity index (χ1n) is 10.6. The Morgan fingerprint density at radius 1 is 1.06 bits per heavy atom. The zero-order chi connectivity index (χ0) is 22.9. The normalized spacial score (nSPS) is 24.9. The van der Waals surface area contributed by atoms with E-state index in [1.165, 1.54) is 19.2 Å². The minimum atomic E-state index is -0.943. The van der Waals surface area contributed by atoms with Crippen molar-refractivity contribution in [1.29, 1.82) is 0 Å². The molecule has 2 aromatic carbocycles. The third-order valence-corrected chi connectivity index (χ3v) is 7.98. The number of carbonyl (C=O) groups excluding carboxylic acids is 1. The molecule has 8 heteroatoms. The van der Waals surface area contributed by atoms with Gasteiger partial charge in [-0.1, -0.05) is 32.9 Å². The molecule has 8 nitrogen and oxygen atoms in total. The van der Waals surface area contributed by atoms with Gasteiger partial charge in [-0.2, -0.15) is 0 Å². The highest BCUT2D eigenvalue weighted by Gasteiger charge is 2.73. The molecule has 1 saturated carbocycles. The van der Waals surface area contributed by atoms with Gasteiger partial charge in [0.2, 0.25) is 5.91 Å². The molecule has 1 aromatic heterocycles. The number of nitro groups is 1. The molecule has 2 atom stereocenters. The first-order valence-corrected chi connectivity index (χ1v) is 10.6.